The predicted octanol–water partition coefficient (Wildman–Crippen LogP) is 5.09. The number of unbranched alkanes of at least 4 members (excludes halogenated alkanes) is 1. The molecule has 2 unspecified atom stereocenters. The topological polar surface area (TPSA) is 137 Å². The Morgan fingerprint density at radius 3 is 2.55 bits per heavy atom. The van der Waals surface area contributed by atoms with Gasteiger partial charge in [-0.15, -0.1) is 11.6 Å². The van der Waals surface area contributed by atoms with Crippen LogP contribution in [0.1, 0.15) is 30.2 Å². The Bertz CT molecular complexity index is 1140. The maximum absolute atomic E-state index is 13.8. The molecule has 2 atom stereocenters. The van der Waals surface area contributed by atoms with Crippen molar-refractivity contribution < 1.29 is 32.9 Å². The standard InChI is InChI=1S/C24H31ClN3O8PS/c1-4-15-34-24(30)22(26-18(2)29)16-19-7-9-20(10-8-19)36-37(33,27(3)14-6-5-13-25)35-17-21-11-12-23(38-21)28(31)32/h4,7-12,22H,1,5-6,13-17H2,2-3H3,(H,26,29). The van der Waals surface area contributed by atoms with Crippen molar-refractivity contribution in [1.82, 2.24) is 9.99 Å². The number of nitro groups is 1. The average molecular weight is 588 g/mol. The highest BCUT2D eigenvalue weighted by molar-refractivity contribution is 7.51. The van der Waals surface area contributed by atoms with Gasteiger partial charge in [0.2, 0.25) is 5.91 Å². The number of carbonyl (C=O) groups excluding carboxylic acids is 2. The highest BCUT2D eigenvalue weighted by atomic mass is 35.5. The lowest BCUT2D eigenvalue weighted by molar-refractivity contribution is -0.380. The molecule has 208 valence electrons. The van der Waals surface area contributed by atoms with Crippen molar-refractivity contribution in [2.45, 2.75) is 38.8 Å². The minimum absolute atomic E-state index is 0.0220. The number of nitrogens with one attached hydrogen (secondary N) is 1. The van der Waals surface area contributed by atoms with Gasteiger partial charge in [-0.1, -0.05) is 36.1 Å². The number of ether oxygens (including phenoxy) is 1. The number of hydrogen-bond acceptors (Lipinski definition) is 9. The first-order valence-corrected chi connectivity index (χ1v) is 14.5. The van der Waals surface area contributed by atoms with E-state index in [-0.39, 0.29) is 36.3 Å². The second kappa shape index (κ2) is 15.6. The lowest BCUT2D eigenvalue weighted by Gasteiger charge is -2.27. The van der Waals surface area contributed by atoms with Crippen LogP contribution >= 0.6 is 30.7 Å². The number of esters is 1. The summed E-state index contributed by atoms with van der Waals surface area (Å²) < 4.78 is 31.8. The van der Waals surface area contributed by atoms with Gasteiger partial charge in [0, 0.05) is 36.7 Å². The molecule has 0 radical (unpaired) electrons. The number of rotatable bonds is 17. The Labute approximate surface area is 230 Å². The number of halogens is 1. The Kier molecular flexibility index (Phi) is 12.9. The lowest BCUT2D eigenvalue weighted by atomic mass is 10.1. The summed E-state index contributed by atoms with van der Waals surface area (Å²) in [7, 11) is -2.25. The van der Waals surface area contributed by atoms with Crippen LogP contribution in [-0.4, -0.2) is 53.6 Å². The number of carbonyl (C=O) groups is 2. The molecule has 38 heavy (non-hydrogen) atoms. The maximum Gasteiger partial charge on any atom is 0.461 e. The summed E-state index contributed by atoms with van der Waals surface area (Å²) in [5.74, 6) is -0.257. The molecule has 1 aromatic heterocycles. The van der Waals surface area contributed by atoms with E-state index in [1.54, 1.807) is 37.4 Å². The summed E-state index contributed by atoms with van der Waals surface area (Å²) in [5, 5.41) is 13.5. The molecule has 1 amide bonds. The van der Waals surface area contributed by atoms with Crippen LogP contribution in [0.2, 0.25) is 0 Å². The molecule has 1 aromatic carbocycles. The van der Waals surface area contributed by atoms with E-state index in [4.69, 9.17) is 25.4 Å². The molecule has 0 saturated heterocycles. The van der Waals surface area contributed by atoms with Crippen LogP contribution < -0.4 is 9.84 Å². The molecule has 0 saturated carbocycles. The van der Waals surface area contributed by atoms with E-state index < -0.39 is 24.7 Å². The van der Waals surface area contributed by atoms with Gasteiger partial charge in [0.05, 0.1) is 11.5 Å². The van der Waals surface area contributed by atoms with Gasteiger partial charge in [-0.05, 0) is 43.7 Å². The molecule has 2 rings (SSSR count). The number of amides is 1. The fourth-order valence-electron chi connectivity index (χ4n) is 3.18. The first-order chi connectivity index (χ1) is 18.1. The Morgan fingerprint density at radius 2 is 1.97 bits per heavy atom. The van der Waals surface area contributed by atoms with Gasteiger partial charge in [-0.3, -0.25) is 19.4 Å². The van der Waals surface area contributed by atoms with Crippen LogP contribution in [0.4, 0.5) is 5.00 Å². The van der Waals surface area contributed by atoms with Crippen molar-refractivity contribution >= 4 is 47.6 Å². The van der Waals surface area contributed by atoms with Crippen LogP contribution in [-0.2, 0) is 36.4 Å². The summed E-state index contributed by atoms with van der Waals surface area (Å²) in [5.41, 5.74) is 0.698. The molecule has 0 aliphatic carbocycles. The smallest absolute Gasteiger partial charge is 0.460 e. The van der Waals surface area contributed by atoms with Crippen LogP contribution in [0.5, 0.6) is 5.75 Å². The predicted molar refractivity (Wildman–Crippen MR) is 145 cm³/mol. The van der Waals surface area contributed by atoms with Crippen LogP contribution in [0.25, 0.3) is 0 Å². The third kappa shape index (κ3) is 10.2. The number of thiophene rings is 1. The molecular formula is C24H31ClN3O8PS. The van der Waals surface area contributed by atoms with Crippen LogP contribution in [0, 0.1) is 10.1 Å². The summed E-state index contributed by atoms with van der Waals surface area (Å²) in [6, 6.07) is 8.51. The van der Waals surface area contributed by atoms with Gasteiger partial charge in [0.15, 0.2) is 0 Å². The zero-order valence-electron chi connectivity index (χ0n) is 21.2. The first-order valence-electron chi connectivity index (χ1n) is 11.7. The van der Waals surface area contributed by atoms with Crippen molar-refractivity contribution in [3.8, 4) is 5.75 Å². The molecule has 11 nitrogen and oxygen atoms in total. The van der Waals surface area contributed by atoms with E-state index in [2.05, 4.69) is 11.9 Å². The minimum atomic E-state index is -3.86. The van der Waals surface area contributed by atoms with Crippen molar-refractivity contribution in [2.24, 2.45) is 0 Å². The van der Waals surface area contributed by atoms with E-state index in [0.717, 1.165) is 11.3 Å². The van der Waals surface area contributed by atoms with Gasteiger partial charge in [-0.2, -0.15) is 0 Å². The molecule has 1 N–H and O–H groups in total. The number of hydrogen-bond donors (Lipinski definition) is 1. The fourth-order valence-corrected chi connectivity index (χ4v) is 5.65. The van der Waals surface area contributed by atoms with E-state index in [1.165, 1.54) is 23.7 Å². The quantitative estimate of drug-likeness (QED) is 0.0510. The first kappa shape index (κ1) is 31.5. The molecule has 14 heteroatoms. The van der Waals surface area contributed by atoms with Crippen molar-refractivity contribution in [3.05, 3.63) is 69.6 Å². The van der Waals surface area contributed by atoms with E-state index in [0.29, 0.717) is 35.7 Å². The van der Waals surface area contributed by atoms with Crippen LogP contribution in [0.3, 0.4) is 0 Å². The third-order valence-electron chi connectivity index (χ3n) is 5.07. The third-order valence-corrected chi connectivity index (χ3v) is 8.28. The molecular weight excluding hydrogens is 557 g/mol. The number of benzene rings is 1. The highest BCUT2D eigenvalue weighted by Gasteiger charge is 2.33. The summed E-state index contributed by atoms with van der Waals surface area (Å²) in [6.07, 6.45) is 2.97. The molecule has 1 heterocycles. The normalized spacial score (nSPS) is 13.4. The monoisotopic (exact) mass is 587 g/mol. The van der Waals surface area contributed by atoms with Gasteiger partial charge < -0.3 is 14.6 Å². The lowest BCUT2D eigenvalue weighted by Crippen LogP contribution is -2.42. The molecule has 2 aromatic rings. The fraction of sp³-hybridized carbons (Fsp3) is 0.417. The molecule has 0 aliphatic heterocycles. The Balaban J connectivity index is 2.15. The number of alkyl halides is 1. The van der Waals surface area contributed by atoms with Gasteiger partial charge in [0.25, 0.3) is 0 Å². The van der Waals surface area contributed by atoms with E-state index in [1.807, 2.05) is 0 Å². The van der Waals surface area contributed by atoms with Crippen molar-refractivity contribution in [3.63, 3.8) is 0 Å². The van der Waals surface area contributed by atoms with Crippen molar-refractivity contribution in [1.29, 1.82) is 0 Å². The summed E-state index contributed by atoms with van der Waals surface area (Å²) in [4.78, 5) is 34.8. The maximum atomic E-state index is 13.8. The van der Waals surface area contributed by atoms with Gasteiger partial charge in [-0.25, -0.2) is 14.0 Å². The molecule has 0 spiro atoms. The zero-order valence-corrected chi connectivity index (χ0v) is 23.6. The summed E-state index contributed by atoms with van der Waals surface area (Å²) in [6.45, 7) is 5.07. The zero-order chi connectivity index (χ0) is 28.1. The van der Waals surface area contributed by atoms with E-state index >= 15 is 0 Å². The second-order valence-corrected chi connectivity index (χ2v) is 11.7. The second-order valence-electron chi connectivity index (χ2n) is 8.13. The average Bonchev–Trinajstić information content (AvgIpc) is 3.36. The summed E-state index contributed by atoms with van der Waals surface area (Å²) >= 11 is 6.69. The largest absolute Gasteiger partial charge is 0.461 e. The number of nitrogens with zero attached hydrogens (tertiary/aromatic N) is 2. The van der Waals surface area contributed by atoms with Crippen LogP contribution in [0.15, 0.2) is 49.1 Å². The van der Waals surface area contributed by atoms with Crippen molar-refractivity contribution in [2.75, 3.05) is 26.1 Å². The van der Waals surface area contributed by atoms with Gasteiger partial charge in [0.1, 0.15) is 18.4 Å². The minimum Gasteiger partial charge on any atom is -0.460 e. The molecule has 0 bridgehead atoms. The molecule has 0 aliphatic rings. The Morgan fingerprint density at radius 1 is 1.26 bits per heavy atom. The highest BCUT2D eigenvalue weighted by Crippen LogP contribution is 2.52. The van der Waals surface area contributed by atoms with Gasteiger partial charge >= 0.3 is 18.7 Å². The molecule has 0 fully saturated rings. The Hall–Kier alpha value is -2.76. The SMILES string of the molecule is C=CCOC(=O)C(Cc1ccc(OP(=O)(OCc2ccc([N+](=O)[O-])s2)N(C)CCCCCl)cc1)NC(C)=O. The van der Waals surface area contributed by atoms with E-state index in [9.17, 15) is 24.3 Å².